The van der Waals surface area contributed by atoms with Crippen molar-refractivity contribution >= 4 is 39.1 Å². The van der Waals surface area contributed by atoms with E-state index >= 15 is 0 Å². The zero-order valence-corrected chi connectivity index (χ0v) is 17.9. The molecule has 0 heterocycles. The molecule has 2 N–H and O–H groups in total. The van der Waals surface area contributed by atoms with E-state index in [9.17, 15) is 18.0 Å². The van der Waals surface area contributed by atoms with Crippen LogP contribution in [-0.4, -0.2) is 76.8 Å². The maximum absolute atomic E-state index is 12.6. The highest BCUT2D eigenvalue weighted by Crippen LogP contribution is 2.26. The molecule has 0 radical (unpaired) electrons. The number of anilines is 1. The van der Waals surface area contributed by atoms with Gasteiger partial charge in [0.25, 0.3) is 11.8 Å². The van der Waals surface area contributed by atoms with Crippen LogP contribution in [-0.2, 0) is 19.6 Å². The molecule has 1 unspecified atom stereocenters. The average molecular weight is 420 g/mol. The summed E-state index contributed by atoms with van der Waals surface area (Å²) < 4.78 is 26.6. The molecule has 0 aliphatic rings. The van der Waals surface area contributed by atoms with E-state index in [1.54, 1.807) is 35.0 Å². The number of sulfonamides is 1. The van der Waals surface area contributed by atoms with E-state index in [1.807, 2.05) is 0 Å². The Bertz CT molecular complexity index is 779. The summed E-state index contributed by atoms with van der Waals surface area (Å²) in [5.74, 6) is -0.455. The number of carbonyl (C=O) groups excluding carboxylic acids is 2. The summed E-state index contributed by atoms with van der Waals surface area (Å²) in [5.41, 5.74) is 0.224. The topological polar surface area (TPSA) is 91.2 Å². The predicted octanol–water partition coefficient (Wildman–Crippen LogP) is -0.0881. The van der Waals surface area contributed by atoms with E-state index in [-0.39, 0.29) is 40.5 Å². The maximum Gasteiger partial charge on any atom is 0.279 e. The third-order valence-corrected chi connectivity index (χ3v) is 6.34. The molecule has 0 aliphatic carbocycles. The van der Waals surface area contributed by atoms with Gasteiger partial charge in [0, 0.05) is 27.2 Å². The molecule has 0 saturated heterocycles. The lowest BCUT2D eigenvalue weighted by atomic mass is 10.3. The lowest BCUT2D eigenvalue weighted by molar-refractivity contribution is -0.862. The van der Waals surface area contributed by atoms with Crippen molar-refractivity contribution in [3.63, 3.8) is 0 Å². The van der Waals surface area contributed by atoms with Crippen molar-refractivity contribution < 1.29 is 22.9 Å². The van der Waals surface area contributed by atoms with Crippen LogP contribution < -0.4 is 10.2 Å². The van der Waals surface area contributed by atoms with Crippen molar-refractivity contribution in [1.82, 2.24) is 9.21 Å². The molecule has 1 aromatic rings. The fraction of sp³-hybridized carbons (Fsp3) is 0.529. The van der Waals surface area contributed by atoms with Gasteiger partial charge in [0.2, 0.25) is 10.0 Å². The SMILES string of the molecule is CCN(CC)S(=O)(=O)c1ccc(Cl)c(NC(=O)C[NH+](C)CC(=O)N(C)C)c1. The Morgan fingerprint density at radius 1 is 1.15 bits per heavy atom. The Balaban J connectivity index is 2.92. The molecule has 0 bridgehead atoms. The Morgan fingerprint density at radius 2 is 1.74 bits per heavy atom. The number of quaternary nitrogens is 1. The van der Waals surface area contributed by atoms with Crippen LogP contribution >= 0.6 is 11.6 Å². The van der Waals surface area contributed by atoms with Crippen LogP contribution in [0.15, 0.2) is 23.1 Å². The smallest absolute Gasteiger partial charge is 0.279 e. The molecular weight excluding hydrogens is 392 g/mol. The van der Waals surface area contributed by atoms with Gasteiger partial charge in [0.05, 0.1) is 22.7 Å². The first-order chi connectivity index (χ1) is 12.5. The molecule has 1 aromatic carbocycles. The molecule has 0 spiro atoms. The molecule has 1 rings (SSSR count). The summed E-state index contributed by atoms with van der Waals surface area (Å²) in [4.78, 5) is 26.2. The number of carbonyl (C=O) groups is 2. The number of nitrogens with one attached hydrogen (secondary N) is 2. The molecule has 2 amide bonds. The zero-order chi connectivity index (χ0) is 20.8. The first-order valence-corrected chi connectivity index (χ1v) is 10.5. The quantitative estimate of drug-likeness (QED) is 0.585. The van der Waals surface area contributed by atoms with Crippen LogP contribution in [0, 0.1) is 0 Å². The van der Waals surface area contributed by atoms with E-state index in [0.29, 0.717) is 18.0 Å². The minimum absolute atomic E-state index is 0.0446. The highest BCUT2D eigenvalue weighted by molar-refractivity contribution is 7.89. The van der Waals surface area contributed by atoms with Crippen LogP contribution in [0.25, 0.3) is 0 Å². The largest absolute Gasteiger partial charge is 0.344 e. The molecule has 152 valence electrons. The number of hydrogen-bond donors (Lipinski definition) is 2. The summed E-state index contributed by atoms with van der Waals surface area (Å²) >= 11 is 6.11. The fourth-order valence-corrected chi connectivity index (χ4v) is 4.07. The van der Waals surface area contributed by atoms with Crippen LogP contribution in [0.2, 0.25) is 5.02 Å². The molecule has 0 aromatic heterocycles. The molecule has 0 fully saturated rings. The minimum Gasteiger partial charge on any atom is -0.344 e. The van der Waals surface area contributed by atoms with Crippen molar-refractivity contribution in [1.29, 1.82) is 0 Å². The molecule has 10 heteroatoms. The first kappa shape index (κ1) is 23.4. The van der Waals surface area contributed by atoms with E-state index in [2.05, 4.69) is 5.32 Å². The number of halogens is 1. The van der Waals surface area contributed by atoms with E-state index in [0.717, 1.165) is 0 Å². The fourth-order valence-electron chi connectivity index (χ4n) is 2.42. The monoisotopic (exact) mass is 419 g/mol. The highest BCUT2D eigenvalue weighted by Gasteiger charge is 2.23. The third-order valence-electron chi connectivity index (χ3n) is 3.97. The summed E-state index contributed by atoms with van der Waals surface area (Å²) in [6, 6.07) is 4.21. The Morgan fingerprint density at radius 3 is 2.26 bits per heavy atom. The Kier molecular flexibility index (Phi) is 8.67. The standard InChI is InChI=1S/C17H27ClN4O4S/c1-6-22(7-2)27(25,26)13-8-9-14(18)15(10-13)19-16(23)11-21(5)12-17(24)20(3)4/h8-10H,6-7,11-12H2,1-5H3,(H,19,23)/p+1. The number of nitrogens with zero attached hydrogens (tertiary/aromatic N) is 2. The van der Waals surface area contributed by atoms with Crippen LogP contribution in [0.5, 0.6) is 0 Å². The van der Waals surface area contributed by atoms with Gasteiger partial charge in [0.15, 0.2) is 13.1 Å². The van der Waals surface area contributed by atoms with Gasteiger partial charge in [-0.25, -0.2) is 8.42 Å². The number of benzene rings is 1. The Hall–Kier alpha value is -1.68. The second-order valence-electron chi connectivity index (χ2n) is 6.38. The van der Waals surface area contributed by atoms with Crippen LogP contribution in [0.3, 0.4) is 0 Å². The second-order valence-corrected chi connectivity index (χ2v) is 8.72. The molecule has 27 heavy (non-hydrogen) atoms. The normalized spacial score (nSPS) is 12.7. The van der Waals surface area contributed by atoms with Crippen LogP contribution in [0.4, 0.5) is 5.69 Å². The van der Waals surface area contributed by atoms with Gasteiger partial charge in [-0.15, -0.1) is 0 Å². The number of likely N-dealkylation sites (N-methyl/N-ethyl adjacent to an activating group) is 2. The predicted molar refractivity (Wildman–Crippen MR) is 106 cm³/mol. The van der Waals surface area contributed by atoms with E-state index in [4.69, 9.17) is 11.6 Å². The molecular formula is C17H28ClN4O4S+. The highest BCUT2D eigenvalue weighted by atomic mass is 35.5. The summed E-state index contributed by atoms with van der Waals surface area (Å²) in [7, 11) is 1.37. The van der Waals surface area contributed by atoms with Gasteiger partial charge in [-0.2, -0.15) is 4.31 Å². The summed E-state index contributed by atoms with van der Waals surface area (Å²) in [6.07, 6.45) is 0. The van der Waals surface area contributed by atoms with Gasteiger partial charge >= 0.3 is 0 Å². The molecule has 0 saturated carbocycles. The van der Waals surface area contributed by atoms with Gasteiger partial charge in [-0.3, -0.25) is 9.59 Å². The van der Waals surface area contributed by atoms with Crippen molar-refractivity contribution in [3.8, 4) is 0 Å². The summed E-state index contributed by atoms with van der Waals surface area (Å²) in [5, 5.41) is 2.87. The molecule has 8 nitrogen and oxygen atoms in total. The Labute approximate surface area is 166 Å². The van der Waals surface area contributed by atoms with Gasteiger partial charge in [-0.1, -0.05) is 25.4 Å². The van der Waals surface area contributed by atoms with Gasteiger partial charge in [-0.05, 0) is 18.2 Å². The van der Waals surface area contributed by atoms with Crippen molar-refractivity contribution in [2.24, 2.45) is 0 Å². The van der Waals surface area contributed by atoms with Gasteiger partial charge in [0.1, 0.15) is 0 Å². The maximum atomic E-state index is 12.6. The second kappa shape index (κ2) is 10.0. The van der Waals surface area contributed by atoms with Crippen LogP contribution in [0.1, 0.15) is 13.8 Å². The molecule has 1 atom stereocenters. The summed E-state index contributed by atoms with van der Waals surface area (Å²) in [6.45, 7) is 4.42. The van der Waals surface area contributed by atoms with Crippen molar-refractivity contribution in [2.45, 2.75) is 18.7 Å². The number of rotatable bonds is 9. The van der Waals surface area contributed by atoms with Gasteiger partial charge < -0.3 is 15.1 Å². The lowest BCUT2D eigenvalue weighted by Crippen LogP contribution is -3.11. The molecule has 0 aliphatic heterocycles. The van der Waals surface area contributed by atoms with Crippen molar-refractivity contribution in [3.05, 3.63) is 23.2 Å². The van der Waals surface area contributed by atoms with E-state index in [1.165, 1.54) is 27.4 Å². The third kappa shape index (κ3) is 6.46. The zero-order valence-electron chi connectivity index (χ0n) is 16.4. The number of hydrogen-bond acceptors (Lipinski definition) is 4. The lowest BCUT2D eigenvalue weighted by Gasteiger charge is -2.19. The van der Waals surface area contributed by atoms with Crippen molar-refractivity contribution in [2.75, 3.05) is 52.6 Å². The number of amides is 2. The minimum atomic E-state index is -3.66. The van der Waals surface area contributed by atoms with E-state index < -0.39 is 10.0 Å². The average Bonchev–Trinajstić information content (AvgIpc) is 2.57. The first-order valence-electron chi connectivity index (χ1n) is 8.63.